The van der Waals surface area contributed by atoms with Gasteiger partial charge in [0.05, 0.1) is 0 Å². The monoisotopic (exact) mass is 212 g/mol. The van der Waals surface area contributed by atoms with Crippen LogP contribution in [0.1, 0.15) is 12.5 Å². The summed E-state index contributed by atoms with van der Waals surface area (Å²) in [4.78, 5) is 2.03. The lowest BCUT2D eigenvalue weighted by Crippen LogP contribution is -2.18. The molecular weight excluding hydrogens is 196 g/mol. The zero-order chi connectivity index (χ0) is 10.7. The van der Waals surface area contributed by atoms with Crippen LogP contribution in [0.15, 0.2) is 18.2 Å². The number of anilines is 1. The van der Waals surface area contributed by atoms with Crippen LogP contribution in [0.2, 0.25) is 5.02 Å². The maximum atomic E-state index is 6.14. The zero-order valence-corrected chi connectivity index (χ0v) is 9.67. The largest absolute Gasteiger partial charge is 0.378 e. The maximum absolute atomic E-state index is 6.14. The Hall–Kier alpha value is -0.730. The molecule has 0 spiro atoms. The van der Waals surface area contributed by atoms with Gasteiger partial charge in [0.1, 0.15) is 0 Å². The van der Waals surface area contributed by atoms with E-state index in [1.165, 1.54) is 0 Å². The van der Waals surface area contributed by atoms with Crippen LogP contribution < -0.4 is 10.6 Å². The Bertz CT molecular complexity index is 308. The molecule has 0 amide bonds. The number of hydrogen-bond acceptors (Lipinski definition) is 2. The predicted molar refractivity (Wildman–Crippen MR) is 63.1 cm³/mol. The van der Waals surface area contributed by atoms with Gasteiger partial charge in [-0.2, -0.15) is 0 Å². The molecule has 14 heavy (non-hydrogen) atoms. The molecule has 2 nitrogen and oxygen atoms in total. The molecule has 0 aliphatic carbocycles. The van der Waals surface area contributed by atoms with Gasteiger partial charge in [-0.25, -0.2) is 0 Å². The number of hydrogen-bond donors (Lipinski definition) is 1. The molecule has 0 heterocycles. The van der Waals surface area contributed by atoms with E-state index in [4.69, 9.17) is 17.3 Å². The van der Waals surface area contributed by atoms with Crippen LogP contribution in [-0.4, -0.2) is 20.1 Å². The second-order valence-electron chi connectivity index (χ2n) is 3.85. The van der Waals surface area contributed by atoms with Crippen molar-refractivity contribution in [2.45, 2.75) is 19.4 Å². The summed E-state index contributed by atoms with van der Waals surface area (Å²) in [5, 5.41) is 0.800. The summed E-state index contributed by atoms with van der Waals surface area (Å²) in [7, 11) is 3.99. The SMILES string of the molecule is CC(N)Cc1ccc(N(C)C)cc1Cl. The number of nitrogens with zero attached hydrogens (tertiary/aromatic N) is 1. The van der Waals surface area contributed by atoms with E-state index in [2.05, 4.69) is 6.07 Å². The molecular formula is C11H17ClN2. The second-order valence-corrected chi connectivity index (χ2v) is 4.26. The van der Waals surface area contributed by atoms with Gasteiger partial charge >= 0.3 is 0 Å². The van der Waals surface area contributed by atoms with Crippen molar-refractivity contribution in [3.8, 4) is 0 Å². The molecule has 1 rings (SSSR count). The first kappa shape index (κ1) is 11.3. The van der Waals surface area contributed by atoms with Crippen molar-refractivity contribution in [2.24, 2.45) is 5.73 Å². The highest BCUT2D eigenvalue weighted by molar-refractivity contribution is 6.31. The smallest absolute Gasteiger partial charge is 0.0459 e. The second kappa shape index (κ2) is 4.67. The highest BCUT2D eigenvalue weighted by Gasteiger charge is 2.05. The quantitative estimate of drug-likeness (QED) is 0.833. The Kier molecular flexibility index (Phi) is 3.78. The van der Waals surface area contributed by atoms with Crippen molar-refractivity contribution in [1.29, 1.82) is 0 Å². The Morgan fingerprint density at radius 3 is 2.50 bits per heavy atom. The summed E-state index contributed by atoms with van der Waals surface area (Å²) < 4.78 is 0. The predicted octanol–water partition coefficient (Wildman–Crippen LogP) is 2.30. The van der Waals surface area contributed by atoms with Crippen LogP contribution in [0.5, 0.6) is 0 Å². The van der Waals surface area contributed by atoms with Gasteiger partial charge in [0.2, 0.25) is 0 Å². The topological polar surface area (TPSA) is 29.3 Å². The lowest BCUT2D eigenvalue weighted by atomic mass is 10.1. The van der Waals surface area contributed by atoms with Crippen molar-refractivity contribution in [3.63, 3.8) is 0 Å². The fourth-order valence-electron chi connectivity index (χ4n) is 1.33. The Morgan fingerprint density at radius 2 is 2.07 bits per heavy atom. The Morgan fingerprint density at radius 1 is 1.43 bits per heavy atom. The molecule has 1 aromatic rings. The molecule has 0 aliphatic rings. The van der Waals surface area contributed by atoms with Crippen molar-refractivity contribution < 1.29 is 0 Å². The third-order valence-corrected chi connectivity index (χ3v) is 2.45. The maximum Gasteiger partial charge on any atom is 0.0459 e. The van der Waals surface area contributed by atoms with Gasteiger partial charge in [0.25, 0.3) is 0 Å². The molecule has 0 fully saturated rings. The molecule has 0 aliphatic heterocycles. The van der Waals surface area contributed by atoms with Crippen molar-refractivity contribution in [3.05, 3.63) is 28.8 Å². The molecule has 0 aromatic heterocycles. The first-order valence-electron chi connectivity index (χ1n) is 4.72. The number of benzene rings is 1. The lowest BCUT2D eigenvalue weighted by Gasteiger charge is -2.14. The van der Waals surface area contributed by atoms with Crippen LogP contribution in [0, 0.1) is 0 Å². The van der Waals surface area contributed by atoms with Gasteiger partial charge in [0, 0.05) is 30.8 Å². The summed E-state index contributed by atoms with van der Waals surface area (Å²) >= 11 is 6.14. The average Bonchev–Trinajstić information content (AvgIpc) is 2.07. The van der Waals surface area contributed by atoms with E-state index in [1.807, 2.05) is 38.1 Å². The Balaban J connectivity index is 2.90. The van der Waals surface area contributed by atoms with Crippen molar-refractivity contribution >= 4 is 17.3 Å². The van der Waals surface area contributed by atoms with Crippen LogP contribution in [-0.2, 0) is 6.42 Å². The molecule has 1 unspecified atom stereocenters. The normalized spacial score (nSPS) is 12.6. The molecule has 0 radical (unpaired) electrons. The van der Waals surface area contributed by atoms with Crippen LogP contribution in [0.25, 0.3) is 0 Å². The summed E-state index contributed by atoms with van der Waals surface area (Å²) in [6, 6.07) is 6.22. The molecule has 0 bridgehead atoms. The molecule has 0 saturated carbocycles. The van der Waals surface area contributed by atoms with Gasteiger partial charge in [0.15, 0.2) is 0 Å². The molecule has 1 aromatic carbocycles. The minimum Gasteiger partial charge on any atom is -0.378 e. The standard InChI is InChI=1S/C11H17ClN2/c1-8(13)6-9-4-5-10(14(2)3)7-11(9)12/h4-5,7-8H,6,13H2,1-3H3. The average molecular weight is 213 g/mol. The van der Waals surface area contributed by atoms with Crippen LogP contribution >= 0.6 is 11.6 Å². The number of halogens is 1. The molecule has 2 N–H and O–H groups in total. The summed E-state index contributed by atoms with van der Waals surface area (Å²) in [6.45, 7) is 1.98. The zero-order valence-electron chi connectivity index (χ0n) is 8.92. The molecule has 0 saturated heterocycles. The first-order chi connectivity index (χ1) is 6.50. The van der Waals surface area contributed by atoms with Crippen molar-refractivity contribution in [2.75, 3.05) is 19.0 Å². The molecule has 78 valence electrons. The fourth-order valence-corrected chi connectivity index (χ4v) is 1.58. The van der Waals surface area contributed by atoms with Gasteiger partial charge < -0.3 is 10.6 Å². The van der Waals surface area contributed by atoms with E-state index in [9.17, 15) is 0 Å². The third-order valence-electron chi connectivity index (χ3n) is 2.09. The Labute approximate surface area is 90.7 Å². The highest BCUT2D eigenvalue weighted by atomic mass is 35.5. The van der Waals surface area contributed by atoms with Crippen LogP contribution in [0.4, 0.5) is 5.69 Å². The lowest BCUT2D eigenvalue weighted by molar-refractivity contribution is 0.738. The van der Waals surface area contributed by atoms with Gasteiger partial charge in [-0.3, -0.25) is 0 Å². The van der Waals surface area contributed by atoms with Gasteiger partial charge in [-0.05, 0) is 31.0 Å². The minimum absolute atomic E-state index is 0.151. The molecule has 1 atom stereocenters. The van der Waals surface area contributed by atoms with E-state index in [1.54, 1.807) is 0 Å². The third kappa shape index (κ3) is 2.89. The van der Waals surface area contributed by atoms with Gasteiger partial charge in [-0.1, -0.05) is 17.7 Å². The summed E-state index contributed by atoms with van der Waals surface area (Å²) in [6.07, 6.45) is 0.826. The highest BCUT2D eigenvalue weighted by Crippen LogP contribution is 2.23. The van der Waals surface area contributed by atoms with E-state index in [-0.39, 0.29) is 6.04 Å². The van der Waals surface area contributed by atoms with Gasteiger partial charge in [-0.15, -0.1) is 0 Å². The first-order valence-corrected chi connectivity index (χ1v) is 5.10. The van der Waals surface area contributed by atoms with Crippen molar-refractivity contribution in [1.82, 2.24) is 0 Å². The summed E-state index contributed by atoms with van der Waals surface area (Å²) in [5.74, 6) is 0. The summed E-state index contributed by atoms with van der Waals surface area (Å²) in [5.41, 5.74) is 7.95. The molecule has 3 heteroatoms. The number of nitrogens with two attached hydrogens (primary N) is 1. The van der Waals surface area contributed by atoms with E-state index >= 15 is 0 Å². The van der Waals surface area contributed by atoms with Crippen LogP contribution in [0.3, 0.4) is 0 Å². The van der Waals surface area contributed by atoms with E-state index < -0.39 is 0 Å². The minimum atomic E-state index is 0.151. The van der Waals surface area contributed by atoms with E-state index in [0.717, 1.165) is 22.7 Å². The number of rotatable bonds is 3. The fraction of sp³-hybridized carbons (Fsp3) is 0.455. The van der Waals surface area contributed by atoms with E-state index in [0.29, 0.717) is 0 Å².